The topological polar surface area (TPSA) is 217 Å². The van der Waals surface area contributed by atoms with Gasteiger partial charge in [0.2, 0.25) is 5.91 Å². The van der Waals surface area contributed by atoms with E-state index in [0.717, 1.165) is 23.7 Å². The van der Waals surface area contributed by atoms with Gasteiger partial charge in [-0.2, -0.15) is 8.42 Å². The van der Waals surface area contributed by atoms with Gasteiger partial charge in [0.1, 0.15) is 22.9 Å². The maximum atomic E-state index is 13.9. The highest BCUT2D eigenvalue weighted by molar-refractivity contribution is 7.85. The Balaban J connectivity index is 1.59. The molecule has 1 atom stereocenters. The van der Waals surface area contributed by atoms with Crippen molar-refractivity contribution in [3.8, 4) is 11.3 Å². The Bertz CT molecular complexity index is 2110. The number of carbonyl (C=O) groups excluding carboxylic acids is 3. The van der Waals surface area contributed by atoms with Gasteiger partial charge >= 0.3 is 11.6 Å². The number of fused-ring (bicyclic) bond motifs is 1. The molecule has 0 spiro atoms. The number of anilines is 1. The summed E-state index contributed by atoms with van der Waals surface area (Å²) in [6, 6.07) is 8.34. The molecule has 0 bridgehead atoms. The van der Waals surface area contributed by atoms with Crippen LogP contribution >= 0.6 is 0 Å². The maximum absolute atomic E-state index is 13.9. The van der Waals surface area contributed by atoms with Gasteiger partial charge in [0.15, 0.2) is 5.76 Å². The Morgan fingerprint density at radius 3 is 2.32 bits per heavy atom. The Hall–Kier alpha value is -5.74. The molecule has 4 rings (SSSR count). The predicted molar refractivity (Wildman–Crippen MR) is 198 cm³/mol. The third kappa shape index (κ3) is 11.6. The van der Waals surface area contributed by atoms with Crippen LogP contribution in [-0.2, 0) is 24.5 Å². The molecule has 282 valence electrons. The van der Waals surface area contributed by atoms with Crippen molar-refractivity contribution in [2.24, 2.45) is 0 Å². The van der Waals surface area contributed by atoms with E-state index >= 15 is 0 Å². The van der Waals surface area contributed by atoms with Gasteiger partial charge in [-0.15, -0.1) is 0 Å². The van der Waals surface area contributed by atoms with Crippen molar-refractivity contribution in [1.29, 1.82) is 0 Å². The molecular formula is C37H42N4O11S. The number of carbonyl (C=O) groups is 4. The van der Waals surface area contributed by atoms with Crippen LogP contribution in [0.25, 0.3) is 22.3 Å². The molecule has 2 aromatic heterocycles. The number of furan rings is 1. The van der Waals surface area contributed by atoms with Crippen LogP contribution in [0.5, 0.6) is 0 Å². The van der Waals surface area contributed by atoms with E-state index in [0.29, 0.717) is 11.0 Å². The number of rotatable bonds is 18. The fourth-order valence-corrected chi connectivity index (χ4v) is 6.01. The van der Waals surface area contributed by atoms with Crippen LogP contribution in [0.1, 0.15) is 43.7 Å². The monoisotopic (exact) mass is 750 g/mol. The third-order valence-electron chi connectivity index (χ3n) is 8.23. The summed E-state index contributed by atoms with van der Waals surface area (Å²) >= 11 is 0. The molecule has 4 N–H and O–H groups in total. The largest absolute Gasteiger partial charge is 0.481 e. The molecule has 0 fully saturated rings. The van der Waals surface area contributed by atoms with Crippen molar-refractivity contribution >= 4 is 50.5 Å². The SMILES string of the molecule is CCN(CC)c1ccc2cc(-c3ccc(C(=O)NC(CNC(=O)C4=C/C=C\C=C/C=C4)C(=O)N(CCCC(=O)O)CCCS(=O)(=O)O)o3)c(=O)oc2c1. The van der Waals surface area contributed by atoms with E-state index in [1.54, 1.807) is 54.7 Å². The van der Waals surface area contributed by atoms with Crippen LogP contribution in [0.2, 0.25) is 0 Å². The van der Waals surface area contributed by atoms with Crippen molar-refractivity contribution in [2.45, 2.75) is 39.2 Å². The summed E-state index contributed by atoms with van der Waals surface area (Å²) in [4.78, 5) is 68.0. The Labute approximate surface area is 306 Å². The van der Waals surface area contributed by atoms with Gasteiger partial charge in [-0.1, -0.05) is 30.4 Å². The van der Waals surface area contributed by atoms with Crippen LogP contribution in [-0.4, -0.2) is 91.2 Å². The zero-order valence-corrected chi connectivity index (χ0v) is 30.1. The predicted octanol–water partition coefficient (Wildman–Crippen LogP) is 3.69. The highest BCUT2D eigenvalue weighted by atomic mass is 32.2. The van der Waals surface area contributed by atoms with Gasteiger partial charge in [-0.3, -0.25) is 23.7 Å². The molecule has 16 heteroatoms. The first-order valence-corrected chi connectivity index (χ1v) is 18.6. The van der Waals surface area contributed by atoms with Crippen LogP contribution in [0, 0.1) is 0 Å². The van der Waals surface area contributed by atoms with Gasteiger partial charge in [-0.05, 0) is 69.2 Å². The van der Waals surface area contributed by atoms with Crippen LogP contribution < -0.4 is 21.2 Å². The summed E-state index contributed by atoms with van der Waals surface area (Å²) in [5, 5.41) is 14.9. The number of amides is 3. The van der Waals surface area contributed by atoms with Crippen LogP contribution in [0.3, 0.4) is 0 Å². The molecule has 1 aromatic carbocycles. The lowest BCUT2D eigenvalue weighted by Gasteiger charge is -2.28. The van der Waals surface area contributed by atoms with Gasteiger partial charge in [0.05, 0.1) is 5.75 Å². The first-order valence-electron chi connectivity index (χ1n) is 17.0. The van der Waals surface area contributed by atoms with E-state index in [1.165, 1.54) is 12.1 Å². The van der Waals surface area contributed by atoms with Gasteiger partial charge in [0.25, 0.3) is 21.9 Å². The second kappa shape index (κ2) is 18.7. The molecule has 1 aliphatic rings. The molecule has 1 aliphatic carbocycles. The van der Waals surface area contributed by atoms with Gasteiger partial charge < -0.3 is 34.4 Å². The van der Waals surface area contributed by atoms with E-state index in [9.17, 15) is 36.9 Å². The quantitative estimate of drug-likeness (QED) is 0.108. The highest BCUT2D eigenvalue weighted by Crippen LogP contribution is 2.26. The van der Waals surface area contributed by atoms with E-state index in [2.05, 4.69) is 15.5 Å². The molecule has 0 saturated carbocycles. The lowest BCUT2D eigenvalue weighted by atomic mass is 10.1. The molecule has 1 unspecified atom stereocenters. The summed E-state index contributed by atoms with van der Waals surface area (Å²) in [5.41, 5.74) is 0.875. The molecule has 3 amide bonds. The summed E-state index contributed by atoms with van der Waals surface area (Å²) in [6.07, 6.45) is 11.1. The molecule has 15 nitrogen and oxygen atoms in total. The molecule has 0 aliphatic heterocycles. The number of nitrogens with zero attached hydrogens (tertiary/aromatic N) is 2. The minimum atomic E-state index is -4.36. The maximum Gasteiger partial charge on any atom is 0.347 e. The molecular weight excluding hydrogens is 708 g/mol. The zero-order valence-electron chi connectivity index (χ0n) is 29.3. The normalized spacial score (nSPS) is 14.4. The number of carboxylic acid groups (broad SMARTS) is 1. The Morgan fingerprint density at radius 2 is 1.60 bits per heavy atom. The first kappa shape index (κ1) is 40.0. The third-order valence-corrected chi connectivity index (χ3v) is 9.04. The highest BCUT2D eigenvalue weighted by Gasteiger charge is 2.29. The molecule has 0 saturated heterocycles. The number of hydrogen-bond acceptors (Lipinski definition) is 10. The van der Waals surface area contributed by atoms with E-state index in [-0.39, 0.29) is 55.0 Å². The fraction of sp³-hybridized carbons (Fsp3) is 0.324. The summed E-state index contributed by atoms with van der Waals surface area (Å²) in [5.74, 6) is -4.22. The molecule has 3 aromatic rings. The number of aliphatic carboxylic acids is 1. The Morgan fingerprint density at radius 1 is 0.887 bits per heavy atom. The second-order valence-electron chi connectivity index (χ2n) is 12.0. The number of benzene rings is 1. The van der Waals surface area contributed by atoms with Crippen molar-refractivity contribution in [2.75, 3.05) is 43.4 Å². The van der Waals surface area contributed by atoms with Crippen molar-refractivity contribution in [3.63, 3.8) is 0 Å². The van der Waals surface area contributed by atoms with Gasteiger partial charge in [-0.25, -0.2) is 4.79 Å². The van der Waals surface area contributed by atoms with Gasteiger partial charge in [0, 0.05) is 61.9 Å². The van der Waals surface area contributed by atoms with Crippen molar-refractivity contribution in [1.82, 2.24) is 15.5 Å². The fourth-order valence-electron chi connectivity index (χ4n) is 5.52. The van der Waals surface area contributed by atoms with Crippen LogP contribution in [0.4, 0.5) is 5.69 Å². The summed E-state index contributed by atoms with van der Waals surface area (Å²) in [6.45, 7) is 4.82. The van der Waals surface area contributed by atoms with Crippen LogP contribution in [0.15, 0.2) is 98.1 Å². The average molecular weight is 751 g/mol. The average Bonchev–Trinajstić information content (AvgIpc) is 3.59. The first-order chi connectivity index (χ1) is 25.3. The van der Waals surface area contributed by atoms with Crippen molar-refractivity contribution < 1.29 is 46.1 Å². The lowest BCUT2D eigenvalue weighted by Crippen LogP contribution is -2.54. The number of allylic oxidation sites excluding steroid dienone is 6. The number of carboxylic acids is 1. The number of nitrogens with one attached hydrogen (secondary N) is 2. The summed E-state index contributed by atoms with van der Waals surface area (Å²) in [7, 11) is -4.36. The lowest BCUT2D eigenvalue weighted by molar-refractivity contribution is -0.138. The molecule has 2 heterocycles. The molecule has 53 heavy (non-hydrogen) atoms. The minimum Gasteiger partial charge on any atom is -0.481 e. The van der Waals surface area contributed by atoms with Crippen molar-refractivity contribution in [3.05, 3.63) is 101 Å². The number of hydrogen-bond donors (Lipinski definition) is 4. The minimum absolute atomic E-state index is 0.00413. The molecule has 0 radical (unpaired) electrons. The standard InChI is InChI=1S/C37H42N4O11S/c1-3-40(4-2)27-16-15-26-22-28(37(47)52-32(26)23-27)30-17-18-31(51-30)35(45)39-29(24-38-34(44)25-12-8-6-5-7-9-13-25)36(46)41(19-10-14-33(42)43)20-11-21-53(48,49)50/h5-9,12-13,15-18,22-23,29H,3-4,10-11,14,19-21,24H2,1-2H3,(H,38,44)(H,39,45)(H,42,43)(H,48,49,50)/b6-5-,7-5?,8-6?,9-7-,12-8?,13-9?,25-12?,25-13?. The Kier molecular flexibility index (Phi) is 14.1. The van der Waals surface area contributed by atoms with E-state index in [1.807, 2.05) is 26.0 Å². The summed E-state index contributed by atoms with van der Waals surface area (Å²) < 4.78 is 43.3. The van der Waals surface area contributed by atoms with E-state index < -0.39 is 57.8 Å². The van der Waals surface area contributed by atoms with E-state index in [4.69, 9.17) is 13.9 Å². The second-order valence-corrected chi connectivity index (χ2v) is 13.5. The smallest absolute Gasteiger partial charge is 0.347 e. The zero-order chi connectivity index (χ0) is 38.5.